The summed E-state index contributed by atoms with van der Waals surface area (Å²) in [5.41, 5.74) is 2.80. The number of aldehydes is 1. The van der Waals surface area contributed by atoms with Crippen molar-refractivity contribution < 1.29 is 9.53 Å². The number of anilines is 2. The van der Waals surface area contributed by atoms with Gasteiger partial charge in [-0.25, -0.2) is 0 Å². The molecule has 0 saturated carbocycles. The van der Waals surface area contributed by atoms with Crippen LogP contribution < -0.4 is 9.64 Å². The van der Waals surface area contributed by atoms with Crippen molar-refractivity contribution in [2.24, 2.45) is 0 Å². The molecule has 0 amide bonds. The number of rotatable bonds is 8. The molecule has 0 bridgehead atoms. The Bertz CT molecular complexity index is 696. The summed E-state index contributed by atoms with van der Waals surface area (Å²) in [5.74, 6) is 1.63. The number of benzene rings is 2. The Morgan fingerprint density at radius 1 is 0.917 bits per heavy atom. The molecule has 0 unspecified atom stereocenters. The van der Waals surface area contributed by atoms with Crippen molar-refractivity contribution in [3.63, 3.8) is 0 Å². The summed E-state index contributed by atoms with van der Waals surface area (Å²) >= 11 is 0. The Balaban J connectivity index is 1.76. The lowest BCUT2D eigenvalue weighted by Crippen LogP contribution is -2.22. The van der Waals surface area contributed by atoms with E-state index in [0.717, 1.165) is 42.1 Å². The average molecular weight is 323 g/mol. The number of carbonyl (C=O) groups excluding carboxylic acids is 1. The first-order valence-electron chi connectivity index (χ1n) is 8.97. The molecule has 0 aliphatic carbocycles. The van der Waals surface area contributed by atoms with E-state index < -0.39 is 0 Å². The second-order valence-electron chi connectivity index (χ2n) is 6.33. The summed E-state index contributed by atoms with van der Waals surface area (Å²) in [5, 5.41) is 0. The Morgan fingerprint density at radius 2 is 1.67 bits per heavy atom. The Morgan fingerprint density at radius 3 is 2.50 bits per heavy atom. The first-order valence-corrected chi connectivity index (χ1v) is 8.97. The third-order valence-corrected chi connectivity index (χ3v) is 4.52. The van der Waals surface area contributed by atoms with Gasteiger partial charge >= 0.3 is 0 Å². The van der Waals surface area contributed by atoms with Crippen LogP contribution in [-0.2, 0) is 0 Å². The fraction of sp³-hybridized carbons (Fsp3) is 0.381. The largest absolute Gasteiger partial charge is 0.453 e. The van der Waals surface area contributed by atoms with Gasteiger partial charge in [0, 0.05) is 12.1 Å². The smallest absolute Gasteiger partial charge is 0.151 e. The van der Waals surface area contributed by atoms with Gasteiger partial charge < -0.3 is 9.64 Å². The minimum absolute atomic E-state index is 0.646. The van der Waals surface area contributed by atoms with Crippen LogP contribution in [0, 0.1) is 0 Å². The molecule has 0 saturated heterocycles. The summed E-state index contributed by atoms with van der Waals surface area (Å²) in [4.78, 5) is 13.4. The van der Waals surface area contributed by atoms with Gasteiger partial charge in [-0.05, 0) is 36.8 Å². The Labute approximate surface area is 144 Å². The maximum atomic E-state index is 11.0. The molecule has 3 nitrogen and oxygen atoms in total. The van der Waals surface area contributed by atoms with E-state index >= 15 is 0 Å². The standard InChI is InChI=1S/C21H25NO2/c1-2-3-4-5-6-9-14-22-18-10-7-8-11-20(18)24-21-15-17(16-23)12-13-19(21)22/h7-8,10-13,15-16H,2-6,9,14H2,1H3. The van der Waals surface area contributed by atoms with E-state index in [9.17, 15) is 4.79 Å². The quantitative estimate of drug-likeness (QED) is 0.434. The summed E-state index contributed by atoms with van der Waals surface area (Å²) in [6.07, 6.45) is 8.52. The molecule has 2 aromatic rings. The monoisotopic (exact) mass is 323 g/mol. The van der Waals surface area contributed by atoms with Crippen molar-refractivity contribution in [2.45, 2.75) is 45.4 Å². The Hall–Kier alpha value is -2.29. The number of hydrogen-bond donors (Lipinski definition) is 0. The van der Waals surface area contributed by atoms with Gasteiger partial charge in [0.25, 0.3) is 0 Å². The molecule has 3 heteroatoms. The zero-order valence-electron chi connectivity index (χ0n) is 14.3. The van der Waals surface area contributed by atoms with Crippen LogP contribution in [0.5, 0.6) is 11.5 Å². The van der Waals surface area contributed by atoms with E-state index in [1.165, 1.54) is 32.1 Å². The van der Waals surface area contributed by atoms with Crippen LogP contribution in [0.2, 0.25) is 0 Å². The topological polar surface area (TPSA) is 29.5 Å². The lowest BCUT2D eigenvalue weighted by molar-refractivity contribution is 0.112. The second-order valence-corrected chi connectivity index (χ2v) is 6.33. The molecule has 0 N–H and O–H groups in total. The van der Waals surface area contributed by atoms with Crippen molar-refractivity contribution in [1.82, 2.24) is 0 Å². The first kappa shape index (κ1) is 16.6. The van der Waals surface area contributed by atoms with Crippen molar-refractivity contribution >= 4 is 17.7 Å². The molecular formula is C21H25NO2. The fourth-order valence-electron chi connectivity index (χ4n) is 3.21. The minimum atomic E-state index is 0.646. The predicted molar refractivity (Wildman–Crippen MR) is 98.7 cm³/mol. The fourth-order valence-corrected chi connectivity index (χ4v) is 3.21. The van der Waals surface area contributed by atoms with Crippen LogP contribution in [0.4, 0.5) is 11.4 Å². The maximum Gasteiger partial charge on any atom is 0.151 e. The predicted octanol–water partition coefficient (Wildman–Crippen LogP) is 6.10. The molecule has 1 aliphatic heterocycles. The third kappa shape index (κ3) is 3.61. The third-order valence-electron chi connectivity index (χ3n) is 4.52. The maximum absolute atomic E-state index is 11.0. The van der Waals surface area contributed by atoms with Crippen LogP contribution in [0.1, 0.15) is 55.8 Å². The van der Waals surface area contributed by atoms with Crippen LogP contribution in [0.25, 0.3) is 0 Å². The number of unbranched alkanes of at least 4 members (excludes halogenated alkanes) is 5. The highest BCUT2D eigenvalue weighted by molar-refractivity contribution is 5.83. The van der Waals surface area contributed by atoms with Crippen molar-refractivity contribution in [2.75, 3.05) is 11.4 Å². The Kier molecular flexibility index (Phi) is 5.52. The summed E-state index contributed by atoms with van der Waals surface area (Å²) in [6, 6.07) is 13.8. The summed E-state index contributed by atoms with van der Waals surface area (Å²) in [6.45, 7) is 3.22. The highest BCUT2D eigenvalue weighted by Crippen LogP contribution is 2.46. The van der Waals surface area contributed by atoms with Gasteiger partial charge in [-0.3, -0.25) is 4.79 Å². The number of carbonyl (C=O) groups is 1. The zero-order chi connectivity index (χ0) is 16.8. The van der Waals surface area contributed by atoms with Crippen molar-refractivity contribution in [3.8, 4) is 11.5 Å². The van der Waals surface area contributed by atoms with Crippen LogP contribution in [-0.4, -0.2) is 12.8 Å². The molecule has 2 aromatic carbocycles. The van der Waals surface area contributed by atoms with Gasteiger partial charge in [-0.1, -0.05) is 51.2 Å². The summed E-state index contributed by atoms with van der Waals surface area (Å²) in [7, 11) is 0. The van der Waals surface area contributed by atoms with E-state index in [0.29, 0.717) is 5.56 Å². The van der Waals surface area contributed by atoms with Crippen molar-refractivity contribution in [1.29, 1.82) is 0 Å². The molecule has 126 valence electrons. The number of nitrogens with zero attached hydrogens (tertiary/aromatic N) is 1. The van der Waals surface area contributed by atoms with E-state index in [1.54, 1.807) is 0 Å². The van der Waals surface area contributed by atoms with Crippen molar-refractivity contribution in [3.05, 3.63) is 48.0 Å². The van der Waals surface area contributed by atoms with Gasteiger partial charge in [0.05, 0.1) is 11.4 Å². The van der Waals surface area contributed by atoms with E-state index in [1.807, 2.05) is 36.4 Å². The normalized spacial score (nSPS) is 12.3. The minimum Gasteiger partial charge on any atom is -0.453 e. The van der Waals surface area contributed by atoms with Crippen LogP contribution in [0.3, 0.4) is 0 Å². The number of hydrogen-bond acceptors (Lipinski definition) is 3. The first-order chi connectivity index (χ1) is 11.8. The molecule has 0 aromatic heterocycles. The van der Waals surface area contributed by atoms with E-state index in [2.05, 4.69) is 17.9 Å². The lowest BCUT2D eigenvalue weighted by Gasteiger charge is -2.33. The van der Waals surface area contributed by atoms with Gasteiger partial charge in [-0.2, -0.15) is 0 Å². The van der Waals surface area contributed by atoms with Crippen LogP contribution in [0.15, 0.2) is 42.5 Å². The molecule has 0 atom stereocenters. The number of ether oxygens (including phenoxy) is 1. The average Bonchev–Trinajstić information content (AvgIpc) is 2.63. The van der Waals surface area contributed by atoms with E-state index in [-0.39, 0.29) is 0 Å². The number of fused-ring (bicyclic) bond motifs is 2. The number of para-hydroxylation sites is 2. The molecule has 1 heterocycles. The summed E-state index contributed by atoms with van der Waals surface area (Å²) < 4.78 is 6.01. The lowest BCUT2D eigenvalue weighted by atomic mass is 10.1. The second kappa shape index (κ2) is 8.00. The SMILES string of the molecule is CCCCCCCCN1c2ccccc2Oc2cc(C=O)ccc21. The van der Waals surface area contributed by atoms with Gasteiger partial charge in [0.15, 0.2) is 11.5 Å². The molecule has 3 rings (SSSR count). The molecular weight excluding hydrogens is 298 g/mol. The zero-order valence-corrected chi connectivity index (χ0v) is 14.3. The molecule has 0 spiro atoms. The van der Waals surface area contributed by atoms with Gasteiger partial charge in [0.1, 0.15) is 6.29 Å². The molecule has 0 radical (unpaired) electrons. The highest BCUT2D eigenvalue weighted by Gasteiger charge is 2.23. The highest BCUT2D eigenvalue weighted by atomic mass is 16.5. The molecule has 0 fully saturated rings. The van der Waals surface area contributed by atoms with Crippen LogP contribution >= 0.6 is 0 Å². The molecule has 24 heavy (non-hydrogen) atoms. The van der Waals surface area contributed by atoms with Gasteiger partial charge in [-0.15, -0.1) is 0 Å². The molecule has 1 aliphatic rings. The van der Waals surface area contributed by atoms with E-state index in [4.69, 9.17) is 4.74 Å². The van der Waals surface area contributed by atoms with Gasteiger partial charge in [0.2, 0.25) is 0 Å².